The van der Waals surface area contributed by atoms with Gasteiger partial charge in [-0.1, -0.05) is 33.6 Å². The molecular formula is C24H38F2O3. The van der Waals surface area contributed by atoms with Crippen molar-refractivity contribution in [2.24, 2.45) is 46.3 Å². The van der Waals surface area contributed by atoms with Gasteiger partial charge in [0.2, 0.25) is 0 Å². The molecule has 0 aromatic carbocycles. The number of hydrogen-bond donors (Lipinski definition) is 1. The van der Waals surface area contributed by atoms with Gasteiger partial charge in [-0.15, -0.1) is 0 Å². The maximum Gasteiger partial charge on any atom is 0.334 e. The van der Waals surface area contributed by atoms with Gasteiger partial charge >= 0.3 is 5.97 Å². The van der Waals surface area contributed by atoms with Crippen molar-refractivity contribution in [2.75, 3.05) is 7.11 Å². The highest BCUT2D eigenvalue weighted by Gasteiger charge is 2.68. The first-order valence-electron chi connectivity index (χ1n) is 11.7. The van der Waals surface area contributed by atoms with Crippen LogP contribution >= 0.6 is 0 Å². The van der Waals surface area contributed by atoms with Crippen LogP contribution in [0.25, 0.3) is 0 Å². The Labute approximate surface area is 174 Å². The van der Waals surface area contributed by atoms with Crippen LogP contribution < -0.4 is 0 Å². The van der Waals surface area contributed by atoms with E-state index in [1.165, 1.54) is 13.5 Å². The van der Waals surface area contributed by atoms with E-state index < -0.39 is 23.9 Å². The van der Waals surface area contributed by atoms with Crippen molar-refractivity contribution in [3.63, 3.8) is 0 Å². The maximum atomic E-state index is 15.6. The summed E-state index contributed by atoms with van der Waals surface area (Å²) >= 11 is 0. The normalized spacial score (nSPS) is 48.0. The lowest BCUT2D eigenvalue weighted by Gasteiger charge is -2.62. The molecule has 3 nitrogen and oxygen atoms in total. The fraction of sp³-hybridized carbons (Fsp3) is 0.958. The molecule has 5 heteroatoms. The molecule has 4 rings (SSSR count). The van der Waals surface area contributed by atoms with Crippen LogP contribution in [0.15, 0.2) is 0 Å². The summed E-state index contributed by atoms with van der Waals surface area (Å²) in [6.45, 7) is 6.36. The second-order valence-electron chi connectivity index (χ2n) is 11.2. The summed E-state index contributed by atoms with van der Waals surface area (Å²) in [7, 11) is 1.28. The molecule has 8 unspecified atom stereocenters. The molecular weight excluding hydrogens is 374 g/mol. The first kappa shape index (κ1) is 21.5. The van der Waals surface area contributed by atoms with Crippen LogP contribution in [0.3, 0.4) is 0 Å². The Morgan fingerprint density at radius 1 is 1.03 bits per heavy atom. The lowest BCUT2D eigenvalue weighted by atomic mass is 9.43. The van der Waals surface area contributed by atoms with E-state index in [2.05, 4.69) is 13.8 Å². The van der Waals surface area contributed by atoms with Crippen LogP contribution in [0.4, 0.5) is 8.78 Å². The van der Waals surface area contributed by atoms with E-state index in [0.29, 0.717) is 0 Å². The molecule has 0 spiro atoms. The van der Waals surface area contributed by atoms with Gasteiger partial charge in [-0.2, -0.15) is 0 Å². The van der Waals surface area contributed by atoms with Gasteiger partial charge in [0.1, 0.15) is 0 Å². The predicted octanol–water partition coefficient (Wildman–Crippen LogP) is 5.45. The monoisotopic (exact) mass is 412 g/mol. The lowest BCUT2D eigenvalue weighted by molar-refractivity contribution is -0.233. The minimum atomic E-state index is -2.60. The van der Waals surface area contributed by atoms with Gasteiger partial charge in [-0.3, -0.25) is 0 Å². The Hall–Kier alpha value is -0.710. The van der Waals surface area contributed by atoms with Crippen molar-refractivity contribution in [1.29, 1.82) is 0 Å². The SMILES string of the molecule is COC(=O)C(O)[C@@H](C)C1CCC2C3C(CCC21C)C1(C)CCCCC1CC3(F)F. The number of esters is 1. The van der Waals surface area contributed by atoms with E-state index in [1.807, 2.05) is 6.92 Å². The molecule has 0 bridgehead atoms. The van der Waals surface area contributed by atoms with Crippen LogP contribution in [0.5, 0.6) is 0 Å². The first-order valence-corrected chi connectivity index (χ1v) is 11.7. The number of methoxy groups -OCH3 is 1. The molecule has 4 saturated carbocycles. The Morgan fingerprint density at radius 2 is 1.72 bits per heavy atom. The topological polar surface area (TPSA) is 46.5 Å². The third-order valence-electron chi connectivity index (χ3n) is 10.2. The van der Waals surface area contributed by atoms with E-state index in [4.69, 9.17) is 4.74 Å². The number of aliphatic hydroxyl groups excluding tert-OH is 1. The van der Waals surface area contributed by atoms with E-state index >= 15 is 8.78 Å². The van der Waals surface area contributed by atoms with Gasteiger partial charge in [0, 0.05) is 12.3 Å². The van der Waals surface area contributed by atoms with Gasteiger partial charge < -0.3 is 9.84 Å². The molecule has 4 aliphatic rings. The average molecular weight is 413 g/mol. The number of carbonyl (C=O) groups excluding carboxylic acids is 1. The number of halogens is 2. The van der Waals surface area contributed by atoms with Crippen molar-refractivity contribution < 1.29 is 23.4 Å². The summed E-state index contributed by atoms with van der Waals surface area (Å²) in [4.78, 5) is 11.9. The van der Waals surface area contributed by atoms with Crippen molar-refractivity contribution >= 4 is 5.97 Å². The summed E-state index contributed by atoms with van der Waals surface area (Å²) in [6, 6.07) is 0. The summed E-state index contributed by atoms with van der Waals surface area (Å²) in [5.41, 5.74) is -0.183. The minimum absolute atomic E-state index is 0.0201. The van der Waals surface area contributed by atoms with Gasteiger partial charge in [0.05, 0.1) is 7.11 Å². The predicted molar refractivity (Wildman–Crippen MR) is 107 cm³/mol. The van der Waals surface area contributed by atoms with E-state index in [9.17, 15) is 9.90 Å². The Bertz CT molecular complexity index is 652. The van der Waals surface area contributed by atoms with E-state index in [-0.39, 0.29) is 46.8 Å². The quantitative estimate of drug-likeness (QED) is 0.627. The average Bonchev–Trinajstić information content (AvgIpc) is 3.03. The van der Waals surface area contributed by atoms with E-state index in [1.54, 1.807) is 0 Å². The molecule has 9 atom stereocenters. The number of hydrogen-bond acceptors (Lipinski definition) is 3. The number of ether oxygens (including phenoxy) is 1. The molecule has 0 aromatic heterocycles. The van der Waals surface area contributed by atoms with Gasteiger partial charge in [-0.05, 0) is 78.9 Å². The number of carbonyl (C=O) groups is 1. The number of aliphatic hydroxyl groups is 1. The molecule has 0 radical (unpaired) electrons. The first-order chi connectivity index (χ1) is 13.6. The van der Waals surface area contributed by atoms with Crippen molar-refractivity contribution in [3.05, 3.63) is 0 Å². The molecule has 0 saturated heterocycles. The van der Waals surface area contributed by atoms with Crippen molar-refractivity contribution in [3.8, 4) is 0 Å². The van der Waals surface area contributed by atoms with Crippen LogP contribution in [-0.4, -0.2) is 30.2 Å². The molecule has 1 N–H and O–H groups in total. The number of alkyl halides is 2. The summed E-state index contributed by atoms with van der Waals surface area (Å²) < 4.78 is 36.0. The molecule has 0 aliphatic heterocycles. The smallest absolute Gasteiger partial charge is 0.334 e. The highest BCUT2D eigenvalue weighted by atomic mass is 19.3. The second kappa shape index (κ2) is 7.17. The zero-order chi connectivity index (χ0) is 21.2. The summed E-state index contributed by atoms with van der Waals surface area (Å²) in [5.74, 6) is -3.71. The Balaban J connectivity index is 1.64. The van der Waals surface area contributed by atoms with Crippen molar-refractivity contribution in [1.82, 2.24) is 0 Å². The summed E-state index contributed by atoms with van der Waals surface area (Å²) in [6.07, 6.45) is 6.61. The largest absolute Gasteiger partial charge is 0.467 e. The second-order valence-corrected chi connectivity index (χ2v) is 11.2. The number of fused-ring (bicyclic) bond motifs is 5. The van der Waals surface area contributed by atoms with Crippen LogP contribution in [-0.2, 0) is 9.53 Å². The van der Waals surface area contributed by atoms with Crippen molar-refractivity contribution in [2.45, 2.75) is 90.6 Å². The third-order valence-corrected chi connectivity index (χ3v) is 10.2. The lowest BCUT2D eigenvalue weighted by Crippen LogP contribution is -2.60. The van der Waals surface area contributed by atoms with Crippen LogP contribution in [0, 0.1) is 46.3 Å². The fourth-order valence-corrected chi connectivity index (χ4v) is 8.65. The molecule has 0 amide bonds. The standard InChI is InChI=1S/C24H38F2O3/c1-14(20(27)21(28)29-4)16-8-9-17-19-18(10-12-23(16,17)3)22(2)11-6-5-7-15(22)13-24(19,25)26/h14-20,27H,5-13H2,1-4H3/t14-,15?,16?,17?,18?,19?,20?,22?,23?/m0/s1. The van der Waals surface area contributed by atoms with Gasteiger partial charge in [0.15, 0.2) is 6.10 Å². The Kier molecular flexibility index (Phi) is 5.32. The van der Waals surface area contributed by atoms with E-state index in [0.717, 1.165) is 44.9 Å². The minimum Gasteiger partial charge on any atom is -0.467 e. The fourth-order valence-electron chi connectivity index (χ4n) is 8.65. The van der Waals surface area contributed by atoms with Gasteiger partial charge in [0.25, 0.3) is 5.92 Å². The number of rotatable bonds is 3. The summed E-state index contributed by atoms with van der Waals surface area (Å²) in [5, 5.41) is 10.5. The Morgan fingerprint density at radius 3 is 2.41 bits per heavy atom. The molecule has 4 aliphatic carbocycles. The molecule has 0 aromatic rings. The molecule has 4 fully saturated rings. The zero-order valence-electron chi connectivity index (χ0n) is 18.4. The van der Waals surface area contributed by atoms with Crippen LogP contribution in [0.2, 0.25) is 0 Å². The highest BCUT2D eigenvalue weighted by molar-refractivity contribution is 5.74. The molecule has 0 heterocycles. The molecule has 29 heavy (non-hydrogen) atoms. The molecule has 166 valence electrons. The van der Waals surface area contributed by atoms with Gasteiger partial charge in [-0.25, -0.2) is 13.6 Å². The highest BCUT2D eigenvalue weighted by Crippen LogP contribution is 2.71. The zero-order valence-corrected chi connectivity index (χ0v) is 18.4. The third kappa shape index (κ3) is 3.08. The van der Waals surface area contributed by atoms with Crippen LogP contribution in [0.1, 0.15) is 78.6 Å². The maximum absolute atomic E-state index is 15.6.